The number of amidine groups is 1. The molecule has 3 heterocycles. The quantitative estimate of drug-likeness (QED) is 0.418. The number of aliphatic imine (C=N–C) groups is 1. The second-order valence-electron chi connectivity index (χ2n) is 13.6. The van der Waals surface area contributed by atoms with Crippen molar-refractivity contribution in [2.24, 2.45) is 16.8 Å². The van der Waals surface area contributed by atoms with Gasteiger partial charge in [-0.2, -0.15) is 4.31 Å². The molecule has 2 aromatic rings. The molecule has 3 N–H and O–H groups in total. The Morgan fingerprint density at radius 3 is 2.30 bits per heavy atom. The predicted molar refractivity (Wildman–Crippen MR) is 170 cm³/mol. The first-order valence-corrected chi connectivity index (χ1v) is 17.0. The fraction of sp³-hybridized carbons (Fsp3) is 0.594. The van der Waals surface area contributed by atoms with Crippen LogP contribution in [0.3, 0.4) is 0 Å². The number of carbonyl (C=O) groups is 1. The van der Waals surface area contributed by atoms with Gasteiger partial charge in [0.25, 0.3) is 5.91 Å². The van der Waals surface area contributed by atoms with E-state index >= 15 is 0 Å². The van der Waals surface area contributed by atoms with Gasteiger partial charge in [-0.05, 0) is 101 Å². The Hall–Kier alpha value is -3.22. The number of aromatic hydroxyl groups is 1. The van der Waals surface area contributed by atoms with Crippen molar-refractivity contribution in [3.8, 4) is 11.6 Å². The van der Waals surface area contributed by atoms with E-state index in [1.54, 1.807) is 18.2 Å². The minimum atomic E-state index is -3.75. The number of hydrogen-bond acceptors (Lipinski definition) is 7. The summed E-state index contributed by atoms with van der Waals surface area (Å²) < 4.78 is 35.0. The van der Waals surface area contributed by atoms with Crippen LogP contribution in [-0.2, 0) is 26.2 Å². The molecular weight excluding hydrogens is 582 g/mol. The van der Waals surface area contributed by atoms with Crippen molar-refractivity contribution >= 4 is 27.8 Å². The summed E-state index contributed by atoms with van der Waals surface area (Å²) in [6.45, 7) is 12.0. The van der Waals surface area contributed by atoms with Gasteiger partial charge < -0.3 is 20.1 Å². The van der Waals surface area contributed by atoms with E-state index in [2.05, 4.69) is 17.2 Å². The molecule has 1 amide bonds. The van der Waals surface area contributed by atoms with Gasteiger partial charge in [0, 0.05) is 24.4 Å². The zero-order chi connectivity index (χ0) is 32.0. The van der Waals surface area contributed by atoms with E-state index in [-0.39, 0.29) is 43.1 Å². The summed E-state index contributed by atoms with van der Waals surface area (Å²) in [5.41, 5.74) is 1.10. The number of H-pyrrole nitrogens is 1. The lowest BCUT2D eigenvalue weighted by atomic mass is 9.82. The smallest absolute Gasteiger partial charge is 0.333 e. The Morgan fingerprint density at radius 2 is 1.70 bits per heavy atom. The van der Waals surface area contributed by atoms with Crippen LogP contribution < -0.4 is 11.0 Å². The van der Waals surface area contributed by atoms with Crippen LogP contribution in [0.15, 0.2) is 27.3 Å². The van der Waals surface area contributed by atoms with Crippen molar-refractivity contribution in [3.05, 3.63) is 50.4 Å². The number of benzene rings is 1. The molecule has 1 aromatic carbocycles. The van der Waals surface area contributed by atoms with Crippen LogP contribution in [-0.4, -0.2) is 63.4 Å². The molecule has 2 fully saturated rings. The maximum Gasteiger partial charge on any atom is 0.333 e. The van der Waals surface area contributed by atoms with Crippen LogP contribution in [0.5, 0.6) is 5.88 Å². The molecule has 3 aliphatic rings. The van der Waals surface area contributed by atoms with Crippen LogP contribution in [0.4, 0.5) is 0 Å². The molecule has 12 heteroatoms. The standard InChI is InChI=1S/C32H45N5O6S/c1-20-7-9-23(10-8-20)27-34-29(39)32(35-27)12-14-36(15-13-32)44(41,42)16-11-25-21(2)17-24(18-22(25)3)37-28(38)26(33-30(37)40)19-43-31(4,5)6/h11,16-18,20,23,38H,7-10,12-15,19H2,1-6H3,(H,33,40)(H,34,35,39). The van der Waals surface area contributed by atoms with Crippen molar-refractivity contribution < 1.29 is 23.1 Å². The summed E-state index contributed by atoms with van der Waals surface area (Å²) in [7, 11) is -3.75. The number of piperidine rings is 1. The average molecular weight is 628 g/mol. The summed E-state index contributed by atoms with van der Waals surface area (Å²) >= 11 is 0. The first kappa shape index (κ1) is 32.2. The molecule has 240 valence electrons. The molecule has 5 rings (SSSR count). The Balaban J connectivity index is 1.28. The monoisotopic (exact) mass is 627 g/mol. The van der Waals surface area contributed by atoms with Crippen LogP contribution >= 0.6 is 0 Å². The first-order valence-electron chi connectivity index (χ1n) is 15.5. The van der Waals surface area contributed by atoms with Crippen LogP contribution in [0, 0.1) is 25.7 Å². The van der Waals surface area contributed by atoms with Gasteiger partial charge >= 0.3 is 5.69 Å². The SMILES string of the molecule is Cc1cc(-n2c(O)c(COC(C)(C)C)[nH]c2=O)cc(C)c1C=CS(=O)(=O)N1CCC2(CC1)N=C(C1CCC(C)CC1)NC2=O. The number of nitrogens with zero attached hydrogens (tertiary/aromatic N) is 3. The lowest BCUT2D eigenvalue weighted by Crippen LogP contribution is -2.50. The summed E-state index contributed by atoms with van der Waals surface area (Å²) in [4.78, 5) is 33.2. The third kappa shape index (κ3) is 6.57. The van der Waals surface area contributed by atoms with Crippen molar-refractivity contribution in [1.29, 1.82) is 0 Å². The van der Waals surface area contributed by atoms with E-state index in [9.17, 15) is 23.1 Å². The number of carbonyl (C=O) groups excluding carboxylic acids is 1. The number of aryl methyl sites for hydroxylation is 2. The fourth-order valence-corrected chi connectivity index (χ4v) is 7.57. The molecule has 44 heavy (non-hydrogen) atoms. The van der Waals surface area contributed by atoms with Gasteiger partial charge in [0.15, 0.2) is 0 Å². The molecule has 2 aliphatic heterocycles. The molecule has 1 aliphatic carbocycles. The Morgan fingerprint density at radius 1 is 1.09 bits per heavy atom. The molecule has 1 aromatic heterocycles. The van der Waals surface area contributed by atoms with Gasteiger partial charge in [-0.15, -0.1) is 0 Å². The van der Waals surface area contributed by atoms with Crippen LogP contribution in [0.1, 0.15) is 88.6 Å². The molecule has 1 saturated carbocycles. The summed E-state index contributed by atoms with van der Waals surface area (Å²) in [6.07, 6.45) is 6.59. The lowest BCUT2D eigenvalue weighted by Gasteiger charge is -2.34. The van der Waals surface area contributed by atoms with E-state index in [4.69, 9.17) is 9.73 Å². The van der Waals surface area contributed by atoms with Crippen molar-refractivity contribution in [2.75, 3.05) is 13.1 Å². The molecule has 1 spiro atoms. The Bertz CT molecular complexity index is 1620. The van der Waals surface area contributed by atoms with Gasteiger partial charge in [-0.1, -0.05) is 19.8 Å². The summed E-state index contributed by atoms with van der Waals surface area (Å²) in [5.74, 6) is 1.44. The second kappa shape index (κ2) is 11.9. The number of hydrogen-bond donors (Lipinski definition) is 3. The molecular formula is C32H45N5O6S. The minimum absolute atomic E-state index is 0.0455. The number of nitrogens with one attached hydrogen (secondary N) is 2. The van der Waals surface area contributed by atoms with Crippen molar-refractivity contribution in [3.63, 3.8) is 0 Å². The Kier molecular flexibility index (Phi) is 8.73. The number of aromatic amines is 1. The second-order valence-corrected chi connectivity index (χ2v) is 15.5. The maximum absolute atomic E-state index is 13.3. The topological polar surface area (TPSA) is 146 Å². The molecule has 0 atom stereocenters. The number of aromatic nitrogens is 2. The van der Waals surface area contributed by atoms with Crippen molar-refractivity contribution in [1.82, 2.24) is 19.2 Å². The first-order chi connectivity index (χ1) is 20.6. The van der Waals surface area contributed by atoms with Gasteiger partial charge in [0.2, 0.25) is 15.9 Å². The van der Waals surface area contributed by atoms with Gasteiger partial charge in [0.1, 0.15) is 17.1 Å². The molecule has 0 radical (unpaired) electrons. The predicted octanol–water partition coefficient (Wildman–Crippen LogP) is 4.29. The molecule has 0 bridgehead atoms. The number of amides is 1. The number of ether oxygens (including phenoxy) is 1. The van der Waals surface area contributed by atoms with Crippen LogP contribution in [0.2, 0.25) is 0 Å². The normalized spacial score (nSPS) is 23.0. The van der Waals surface area contributed by atoms with E-state index in [0.717, 1.165) is 42.6 Å². The van der Waals surface area contributed by atoms with E-state index < -0.39 is 26.9 Å². The molecule has 0 unspecified atom stereocenters. The minimum Gasteiger partial charge on any atom is -0.493 e. The highest BCUT2D eigenvalue weighted by atomic mass is 32.2. The maximum atomic E-state index is 13.3. The fourth-order valence-electron chi connectivity index (χ4n) is 6.40. The zero-order valence-electron chi connectivity index (χ0n) is 26.6. The largest absolute Gasteiger partial charge is 0.493 e. The van der Waals surface area contributed by atoms with Gasteiger partial charge in [-0.25, -0.2) is 17.8 Å². The number of rotatable bonds is 7. The summed E-state index contributed by atoms with van der Waals surface area (Å²) in [5, 5.41) is 15.0. The number of imidazole rings is 1. The summed E-state index contributed by atoms with van der Waals surface area (Å²) in [6, 6.07) is 3.46. The Labute approximate surface area is 259 Å². The lowest BCUT2D eigenvalue weighted by molar-refractivity contribution is -0.125. The zero-order valence-corrected chi connectivity index (χ0v) is 27.4. The van der Waals surface area contributed by atoms with E-state index in [0.29, 0.717) is 30.0 Å². The van der Waals surface area contributed by atoms with Gasteiger partial charge in [-0.3, -0.25) is 9.79 Å². The number of sulfonamides is 1. The van der Waals surface area contributed by atoms with Crippen LogP contribution in [0.25, 0.3) is 11.8 Å². The van der Waals surface area contributed by atoms with Gasteiger partial charge in [0.05, 0.1) is 17.9 Å². The van der Waals surface area contributed by atoms with Crippen molar-refractivity contribution in [2.45, 2.75) is 97.8 Å². The third-order valence-electron chi connectivity index (χ3n) is 9.15. The highest BCUT2D eigenvalue weighted by molar-refractivity contribution is 7.92. The molecule has 11 nitrogen and oxygen atoms in total. The van der Waals surface area contributed by atoms with E-state index in [1.165, 1.54) is 14.3 Å². The highest BCUT2D eigenvalue weighted by Crippen LogP contribution is 2.36. The average Bonchev–Trinajstić information content (AvgIpc) is 3.41. The third-order valence-corrected chi connectivity index (χ3v) is 10.7. The van der Waals surface area contributed by atoms with E-state index in [1.807, 2.05) is 34.6 Å². The molecule has 1 saturated heterocycles. The highest BCUT2D eigenvalue weighted by Gasteiger charge is 2.48.